The van der Waals surface area contributed by atoms with Crippen LogP contribution in [0.2, 0.25) is 0 Å². The van der Waals surface area contributed by atoms with E-state index in [0.29, 0.717) is 6.61 Å². The molecule has 0 unspecified atom stereocenters. The third kappa shape index (κ3) is 4.77. The van der Waals surface area contributed by atoms with Gasteiger partial charge in [0.25, 0.3) is 10.0 Å². The Morgan fingerprint density at radius 1 is 1.04 bits per heavy atom. The van der Waals surface area contributed by atoms with Crippen LogP contribution >= 0.6 is 0 Å². The first-order chi connectivity index (χ1) is 13.0. The summed E-state index contributed by atoms with van der Waals surface area (Å²) in [6, 6.07) is 17.7. The second-order valence-electron chi connectivity index (χ2n) is 5.91. The van der Waals surface area contributed by atoms with Crippen molar-refractivity contribution < 1.29 is 13.2 Å². The van der Waals surface area contributed by atoms with Crippen LogP contribution in [0, 0.1) is 6.92 Å². The fourth-order valence-electron chi connectivity index (χ4n) is 2.51. The highest BCUT2D eigenvalue weighted by Crippen LogP contribution is 2.27. The van der Waals surface area contributed by atoms with Crippen LogP contribution in [-0.4, -0.2) is 20.0 Å². The van der Waals surface area contributed by atoms with E-state index in [2.05, 4.69) is 15.0 Å². The third-order valence-corrected chi connectivity index (χ3v) is 5.12. The molecule has 140 valence electrons. The molecule has 0 amide bonds. The van der Waals surface area contributed by atoms with Crippen LogP contribution in [0.25, 0.3) is 0 Å². The molecule has 3 rings (SSSR count). The molecule has 0 saturated heterocycles. The molecule has 0 fully saturated rings. The average molecular weight is 383 g/mol. The van der Waals surface area contributed by atoms with Gasteiger partial charge in [-0.05, 0) is 55.8 Å². The monoisotopic (exact) mass is 383 g/mol. The van der Waals surface area contributed by atoms with Crippen LogP contribution < -0.4 is 14.8 Å². The zero-order chi connectivity index (χ0) is 19.3. The van der Waals surface area contributed by atoms with E-state index >= 15 is 0 Å². The minimum Gasteiger partial charge on any atom is -0.492 e. The smallest absolute Gasteiger partial charge is 0.263 e. The molecule has 7 heteroatoms. The molecule has 27 heavy (non-hydrogen) atoms. The lowest BCUT2D eigenvalue weighted by Gasteiger charge is -2.12. The standard InChI is InChI=1S/C20H21N3O3S/c1-3-26-19-10-5-4-9-18(19)22-16-11-12-20(21-14-16)23-27(24,25)17-8-6-7-15(2)13-17/h4-14,22H,3H2,1-2H3,(H,21,23). The summed E-state index contributed by atoms with van der Waals surface area (Å²) in [7, 11) is -3.67. The zero-order valence-corrected chi connectivity index (χ0v) is 16.0. The van der Waals surface area contributed by atoms with E-state index < -0.39 is 10.0 Å². The van der Waals surface area contributed by atoms with Crippen LogP contribution in [0.1, 0.15) is 12.5 Å². The van der Waals surface area contributed by atoms with Gasteiger partial charge in [0.05, 0.1) is 29.1 Å². The maximum absolute atomic E-state index is 12.5. The predicted molar refractivity (Wildman–Crippen MR) is 107 cm³/mol. The summed E-state index contributed by atoms with van der Waals surface area (Å²) in [4.78, 5) is 4.40. The van der Waals surface area contributed by atoms with Crippen molar-refractivity contribution in [2.24, 2.45) is 0 Å². The second kappa shape index (κ2) is 8.09. The summed E-state index contributed by atoms with van der Waals surface area (Å²) in [5.74, 6) is 0.990. The summed E-state index contributed by atoms with van der Waals surface area (Å²) >= 11 is 0. The number of nitrogens with zero attached hydrogens (tertiary/aromatic N) is 1. The van der Waals surface area contributed by atoms with E-state index in [1.165, 1.54) is 0 Å². The Kier molecular flexibility index (Phi) is 5.61. The van der Waals surface area contributed by atoms with Crippen molar-refractivity contribution in [3.05, 3.63) is 72.4 Å². The van der Waals surface area contributed by atoms with E-state index in [-0.39, 0.29) is 10.7 Å². The van der Waals surface area contributed by atoms with E-state index in [1.54, 1.807) is 36.5 Å². The summed E-state index contributed by atoms with van der Waals surface area (Å²) in [5.41, 5.74) is 2.41. The Hall–Kier alpha value is -3.06. The van der Waals surface area contributed by atoms with Crippen molar-refractivity contribution in [2.45, 2.75) is 18.7 Å². The molecule has 0 bridgehead atoms. The van der Waals surface area contributed by atoms with Crippen molar-refractivity contribution >= 4 is 27.2 Å². The molecule has 1 aromatic heterocycles. The maximum Gasteiger partial charge on any atom is 0.263 e. The number of aryl methyl sites for hydroxylation is 1. The molecule has 0 aliphatic heterocycles. The summed E-state index contributed by atoms with van der Waals surface area (Å²) < 4.78 is 33.0. The molecule has 0 aliphatic carbocycles. The maximum atomic E-state index is 12.5. The number of nitrogens with one attached hydrogen (secondary N) is 2. The highest BCUT2D eigenvalue weighted by Gasteiger charge is 2.14. The number of rotatable bonds is 7. The first-order valence-electron chi connectivity index (χ1n) is 8.52. The largest absolute Gasteiger partial charge is 0.492 e. The molecule has 1 heterocycles. The Morgan fingerprint density at radius 2 is 1.85 bits per heavy atom. The molecular weight excluding hydrogens is 362 g/mol. The van der Waals surface area contributed by atoms with E-state index in [9.17, 15) is 8.42 Å². The van der Waals surface area contributed by atoms with Gasteiger partial charge in [-0.3, -0.25) is 4.72 Å². The van der Waals surface area contributed by atoms with Gasteiger partial charge in [-0.2, -0.15) is 0 Å². The van der Waals surface area contributed by atoms with Crippen molar-refractivity contribution in [1.82, 2.24) is 4.98 Å². The lowest BCUT2D eigenvalue weighted by Crippen LogP contribution is -2.14. The molecule has 2 aromatic carbocycles. The normalized spacial score (nSPS) is 11.0. The molecule has 6 nitrogen and oxygen atoms in total. The van der Waals surface area contributed by atoms with Gasteiger partial charge in [0.1, 0.15) is 11.6 Å². The summed E-state index contributed by atoms with van der Waals surface area (Å²) in [6.45, 7) is 4.34. The number of hydrogen-bond donors (Lipinski definition) is 2. The average Bonchev–Trinajstić information content (AvgIpc) is 2.65. The van der Waals surface area contributed by atoms with Gasteiger partial charge in [-0.15, -0.1) is 0 Å². The number of hydrogen-bond acceptors (Lipinski definition) is 5. The number of pyridine rings is 1. The molecule has 0 aliphatic rings. The number of aromatic nitrogens is 1. The van der Waals surface area contributed by atoms with Crippen LogP contribution in [0.5, 0.6) is 5.75 Å². The SMILES string of the molecule is CCOc1ccccc1Nc1ccc(NS(=O)(=O)c2cccc(C)c2)nc1. The molecule has 0 spiro atoms. The number of benzene rings is 2. The zero-order valence-electron chi connectivity index (χ0n) is 15.1. The fourth-order valence-corrected chi connectivity index (χ4v) is 3.63. The van der Waals surface area contributed by atoms with Gasteiger partial charge in [0.2, 0.25) is 0 Å². The van der Waals surface area contributed by atoms with E-state index in [1.807, 2.05) is 44.2 Å². The van der Waals surface area contributed by atoms with Gasteiger partial charge < -0.3 is 10.1 Å². The van der Waals surface area contributed by atoms with Crippen molar-refractivity contribution in [3.8, 4) is 5.75 Å². The Balaban J connectivity index is 1.74. The first-order valence-corrected chi connectivity index (χ1v) is 10.0. The third-order valence-electron chi connectivity index (χ3n) is 3.77. The fraction of sp³-hybridized carbons (Fsp3) is 0.150. The van der Waals surface area contributed by atoms with Crippen LogP contribution in [0.3, 0.4) is 0 Å². The summed E-state index contributed by atoms with van der Waals surface area (Å²) in [5, 5.41) is 3.22. The lowest BCUT2D eigenvalue weighted by atomic mass is 10.2. The number of sulfonamides is 1. The molecular formula is C20H21N3O3S. The van der Waals surface area contributed by atoms with Crippen LogP contribution in [-0.2, 0) is 10.0 Å². The van der Waals surface area contributed by atoms with Gasteiger partial charge in [0, 0.05) is 0 Å². The summed E-state index contributed by atoms with van der Waals surface area (Å²) in [6.07, 6.45) is 1.57. The highest BCUT2D eigenvalue weighted by molar-refractivity contribution is 7.92. The van der Waals surface area contributed by atoms with Crippen molar-refractivity contribution in [3.63, 3.8) is 0 Å². The second-order valence-corrected chi connectivity index (χ2v) is 7.59. The van der Waals surface area contributed by atoms with Gasteiger partial charge in [-0.25, -0.2) is 13.4 Å². The van der Waals surface area contributed by atoms with Crippen LogP contribution in [0.4, 0.5) is 17.2 Å². The Labute approximate surface area is 159 Å². The minimum atomic E-state index is -3.67. The van der Waals surface area contributed by atoms with Gasteiger partial charge >= 0.3 is 0 Å². The van der Waals surface area contributed by atoms with Crippen LogP contribution in [0.15, 0.2) is 71.8 Å². The molecule has 0 atom stereocenters. The Morgan fingerprint density at radius 3 is 2.56 bits per heavy atom. The van der Waals surface area contributed by atoms with Gasteiger partial charge in [0.15, 0.2) is 0 Å². The predicted octanol–water partition coefficient (Wildman–Crippen LogP) is 4.33. The van der Waals surface area contributed by atoms with E-state index in [4.69, 9.17) is 4.74 Å². The molecule has 0 saturated carbocycles. The molecule has 2 N–H and O–H groups in total. The lowest BCUT2D eigenvalue weighted by molar-refractivity contribution is 0.342. The van der Waals surface area contributed by atoms with Crippen molar-refractivity contribution in [1.29, 1.82) is 0 Å². The first kappa shape index (κ1) is 18.7. The molecule has 3 aromatic rings. The number of para-hydroxylation sites is 2. The number of anilines is 3. The number of ether oxygens (including phenoxy) is 1. The topological polar surface area (TPSA) is 80.3 Å². The Bertz CT molecular complexity index is 1020. The van der Waals surface area contributed by atoms with Crippen molar-refractivity contribution in [2.75, 3.05) is 16.6 Å². The quantitative estimate of drug-likeness (QED) is 0.635. The van der Waals surface area contributed by atoms with Gasteiger partial charge in [-0.1, -0.05) is 24.3 Å². The minimum absolute atomic E-state index is 0.206. The molecule has 0 radical (unpaired) electrons. The van der Waals surface area contributed by atoms with E-state index in [0.717, 1.165) is 22.7 Å². The highest BCUT2D eigenvalue weighted by atomic mass is 32.2.